The Balaban J connectivity index is 0.844. The first-order valence-corrected chi connectivity index (χ1v) is 27.3. The van der Waals surface area contributed by atoms with Gasteiger partial charge in [-0.05, 0) is 104 Å². The molecule has 386 valence electrons. The number of aromatic nitrogens is 2. The average Bonchev–Trinajstić information content (AvgIpc) is 3.83. The predicted octanol–water partition coefficient (Wildman–Crippen LogP) is 8.89. The van der Waals surface area contributed by atoms with Crippen LogP contribution in [0.4, 0.5) is 32.8 Å². The first-order valence-electron chi connectivity index (χ1n) is 25.8. The third kappa shape index (κ3) is 8.72. The number of ether oxygens (including phenoxy) is 4. The van der Waals surface area contributed by atoms with Crippen LogP contribution in [0.1, 0.15) is 99.2 Å². The van der Waals surface area contributed by atoms with Crippen LogP contribution in [0, 0.1) is 27.9 Å². The normalized spacial score (nSPS) is 26.3. The van der Waals surface area contributed by atoms with Crippen LogP contribution >= 0.6 is 0 Å². The summed E-state index contributed by atoms with van der Waals surface area (Å²) in [6, 6.07) is 20.0. The summed E-state index contributed by atoms with van der Waals surface area (Å²) in [5.74, 6) is -0.726. The van der Waals surface area contributed by atoms with Gasteiger partial charge in [-0.3, -0.25) is 19.8 Å². The van der Waals surface area contributed by atoms with Gasteiger partial charge in [0.05, 0.1) is 39.8 Å². The quantitative estimate of drug-likeness (QED) is 0.0936. The molecular weight excluding hydrogens is 956 g/mol. The van der Waals surface area contributed by atoms with Gasteiger partial charge in [-0.1, -0.05) is 38.1 Å². The summed E-state index contributed by atoms with van der Waals surface area (Å²) in [6.45, 7) is 10.7. The number of fused-ring (bicyclic) bond motifs is 4. The predicted molar refractivity (Wildman–Crippen MR) is 273 cm³/mol. The highest BCUT2D eigenvalue weighted by Gasteiger charge is 2.52. The van der Waals surface area contributed by atoms with E-state index in [-0.39, 0.29) is 73.1 Å². The van der Waals surface area contributed by atoms with Gasteiger partial charge < -0.3 is 39.0 Å². The Labute approximate surface area is 424 Å². The number of anilines is 4. The molecular formula is C54H63FN8O9S. The number of H-pyrrole nitrogens is 1. The van der Waals surface area contributed by atoms with Crippen LogP contribution in [0.5, 0.6) is 11.6 Å². The smallest absolute Gasteiger partial charge is 0.297 e. The highest BCUT2D eigenvalue weighted by atomic mass is 32.2. The van der Waals surface area contributed by atoms with Gasteiger partial charge in [-0.15, -0.1) is 0 Å². The number of hydrogen-bond acceptors (Lipinski definition) is 14. The van der Waals surface area contributed by atoms with Crippen molar-refractivity contribution in [3.8, 4) is 11.6 Å². The standard InChI is InChI=1S/C54H63FN8O9S/c1-33-6-4-5-7-38(33)40-10-13-52(2,3)32-61(40)36-28-53(29-36)14-19-60(20-15-53)35-8-9-39(42(25-35)62-41-12-21-70-30-46(41)72-51-44(62)24-34-11-18-56-49(34)58-51)50(64)59-73(67,68)37-26-43(63(65)66)48-45(27-37)71-31-47(57-48)54(55)16-22-69-23-17-54/h4-9,11,18,24-27,36,40-41,46-47,57H,10,12-17,19-23,28-32H2,1-3H3,(H,56,58)(H,59,64)/t40-,41-,46-,47-/m0/s1. The van der Waals surface area contributed by atoms with Crippen molar-refractivity contribution in [3.05, 3.63) is 99.7 Å². The Hall–Kier alpha value is -6.02. The number of pyridine rings is 1. The van der Waals surface area contributed by atoms with E-state index in [2.05, 4.69) is 74.8 Å². The number of aromatic amines is 1. The SMILES string of the molecule is Cc1ccccc1[C@@H]1CCC(C)(C)CN1C1CC2(CCN(c3ccc(C(=O)NS(=O)(=O)c4cc5c(c([N+](=O)[O-])c4)N[C@H](C4(F)CCOCC4)CO5)c(N4c5cc6cc[nH]c6nc5O[C@H]5COCC[C@@H]54)c3)CC2)C1. The molecule has 0 bridgehead atoms. The van der Waals surface area contributed by atoms with Gasteiger partial charge >= 0.3 is 0 Å². The Morgan fingerprint density at radius 3 is 2.51 bits per heavy atom. The largest absolute Gasteiger partial charge is 0.489 e. The molecule has 4 saturated heterocycles. The minimum absolute atomic E-state index is 0.0699. The van der Waals surface area contributed by atoms with Gasteiger partial charge in [0.2, 0.25) is 5.88 Å². The van der Waals surface area contributed by atoms with Gasteiger partial charge in [-0.2, -0.15) is 4.98 Å². The number of carbonyl (C=O) groups excluding carboxylic acids is 1. The Morgan fingerprint density at radius 1 is 0.932 bits per heavy atom. The van der Waals surface area contributed by atoms with Crippen molar-refractivity contribution in [2.75, 3.05) is 67.8 Å². The molecule has 1 amide bonds. The van der Waals surface area contributed by atoms with Crippen LogP contribution in [0.3, 0.4) is 0 Å². The molecule has 1 spiro atoms. The average molecular weight is 1020 g/mol. The molecule has 0 unspecified atom stereocenters. The molecule has 5 fully saturated rings. The van der Waals surface area contributed by atoms with Crippen molar-refractivity contribution in [3.63, 3.8) is 0 Å². The maximum atomic E-state index is 16.0. The molecule has 2 aromatic heterocycles. The van der Waals surface area contributed by atoms with E-state index in [9.17, 15) is 23.3 Å². The number of aryl methyl sites for hydroxylation is 1. The maximum Gasteiger partial charge on any atom is 0.297 e. The molecule has 1 aliphatic carbocycles. The number of nitro groups is 1. The highest BCUT2D eigenvalue weighted by molar-refractivity contribution is 7.90. The molecule has 0 radical (unpaired) electrons. The van der Waals surface area contributed by atoms with Crippen molar-refractivity contribution in [1.29, 1.82) is 0 Å². The number of amides is 1. The zero-order chi connectivity index (χ0) is 50.4. The summed E-state index contributed by atoms with van der Waals surface area (Å²) in [5, 5.41) is 16.3. The van der Waals surface area contributed by atoms with Crippen LogP contribution in [-0.4, -0.2) is 117 Å². The van der Waals surface area contributed by atoms with Gasteiger partial charge in [0, 0.05) is 93.8 Å². The summed E-state index contributed by atoms with van der Waals surface area (Å²) in [5.41, 5.74) is 3.49. The van der Waals surface area contributed by atoms with Gasteiger partial charge in [0.15, 0.2) is 11.4 Å². The molecule has 3 aromatic carbocycles. The lowest BCUT2D eigenvalue weighted by Gasteiger charge is -2.59. The van der Waals surface area contributed by atoms with E-state index in [0.29, 0.717) is 48.0 Å². The number of piperidine rings is 2. The van der Waals surface area contributed by atoms with E-state index >= 15 is 4.39 Å². The number of benzene rings is 3. The number of sulfonamides is 1. The van der Waals surface area contributed by atoms with Gasteiger partial charge in [-0.25, -0.2) is 17.5 Å². The van der Waals surface area contributed by atoms with E-state index in [0.717, 1.165) is 62.1 Å². The van der Waals surface area contributed by atoms with Gasteiger partial charge in [0.25, 0.3) is 21.6 Å². The second kappa shape index (κ2) is 18.1. The van der Waals surface area contributed by atoms with E-state index in [1.165, 1.54) is 30.4 Å². The number of nitro benzene ring substituents is 1. The Bertz CT molecular complexity index is 3090. The fourth-order valence-corrected chi connectivity index (χ4v) is 14.0. The molecule has 1 saturated carbocycles. The zero-order valence-electron chi connectivity index (χ0n) is 41.5. The lowest BCUT2D eigenvalue weighted by Crippen LogP contribution is -2.58. The first kappa shape index (κ1) is 48.0. The maximum absolute atomic E-state index is 16.0. The van der Waals surface area contributed by atoms with Crippen LogP contribution in [-0.2, 0) is 19.5 Å². The Morgan fingerprint density at radius 2 is 1.73 bits per heavy atom. The molecule has 73 heavy (non-hydrogen) atoms. The molecule has 7 aliphatic rings. The molecule has 6 aliphatic heterocycles. The second-order valence-electron chi connectivity index (χ2n) is 22.3. The van der Waals surface area contributed by atoms with Crippen LogP contribution < -0.4 is 29.3 Å². The summed E-state index contributed by atoms with van der Waals surface area (Å²) < 4.78 is 70.6. The number of carbonyl (C=O) groups is 1. The van der Waals surface area contributed by atoms with Crippen LogP contribution in [0.15, 0.2) is 77.8 Å². The lowest BCUT2D eigenvalue weighted by molar-refractivity contribution is -0.384. The third-order valence-corrected chi connectivity index (χ3v) is 18.5. The monoisotopic (exact) mass is 1020 g/mol. The number of hydrogen-bond donors (Lipinski definition) is 3. The minimum Gasteiger partial charge on any atom is -0.489 e. The number of alkyl halides is 1. The summed E-state index contributed by atoms with van der Waals surface area (Å²) in [4.78, 5) is 41.3. The van der Waals surface area contributed by atoms with Crippen LogP contribution in [0.2, 0.25) is 0 Å². The van der Waals surface area contributed by atoms with Crippen molar-refractivity contribution < 1.29 is 41.5 Å². The Kier molecular flexibility index (Phi) is 11.9. The fraction of sp³-hybridized carbons (Fsp3) is 0.519. The molecule has 12 rings (SSSR count). The third-order valence-electron chi connectivity index (χ3n) is 17.2. The number of rotatable bonds is 9. The van der Waals surface area contributed by atoms with E-state index < -0.39 is 49.3 Å². The molecule has 4 atom stereocenters. The van der Waals surface area contributed by atoms with Crippen LogP contribution in [0.25, 0.3) is 11.0 Å². The molecule has 3 N–H and O–H groups in total. The zero-order valence-corrected chi connectivity index (χ0v) is 42.3. The first-order chi connectivity index (χ1) is 35.1. The molecule has 19 heteroatoms. The highest BCUT2D eigenvalue weighted by Crippen LogP contribution is 2.56. The number of nitrogens with one attached hydrogen (secondary N) is 3. The lowest BCUT2D eigenvalue weighted by atomic mass is 9.59. The summed E-state index contributed by atoms with van der Waals surface area (Å²) >= 11 is 0. The summed E-state index contributed by atoms with van der Waals surface area (Å²) in [6.07, 6.45) is 8.80. The van der Waals surface area contributed by atoms with E-state index in [1.54, 1.807) is 12.3 Å². The number of nitrogens with zero attached hydrogens (tertiary/aromatic N) is 5. The number of halogens is 1. The van der Waals surface area contributed by atoms with E-state index in [4.69, 9.17) is 23.9 Å². The van der Waals surface area contributed by atoms with Crippen molar-refractivity contribution in [1.82, 2.24) is 19.6 Å². The van der Waals surface area contributed by atoms with Crippen molar-refractivity contribution in [2.45, 2.75) is 119 Å². The number of likely N-dealkylation sites (tertiary alicyclic amines) is 1. The minimum atomic E-state index is -4.77. The van der Waals surface area contributed by atoms with Crippen molar-refractivity contribution in [2.24, 2.45) is 10.8 Å². The van der Waals surface area contributed by atoms with E-state index in [1.807, 2.05) is 24.3 Å². The fourth-order valence-electron chi connectivity index (χ4n) is 13.0. The molecule has 5 aromatic rings. The topological polar surface area (TPSA) is 194 Å². The molecule has 17 nitrogen and oxygen atoms in total. The molecule has 8 heterocycles. The van der Waals surface area contributed by atoms with Gasteiger partial charge in [0.1, 0.15) is 29.7 Å². The van der Waals surface area contributed by atoms with Crippen molar-refractivity contribution >= 4 is 55.4 Å². The summed E-state index contributed by atoms with van der Waals surface area (Å²) in [7, 11) is -4.77. The second-order valence-corrected chi connectivity index (χ2v) is 24.0.